The molecule has 0 N–H and O–H groups in total. The Hall–Kier alpha value is -2.14. The minimum Gasteiger partial charge on any atom is -0.458 e. The monoisotopic (exact) mass is 344 g/mol. The van der Waals surface area contributed by atoms with Crippen molar-refractivity contribution in [2.24, 2.45) is 0 Å². The van der Waals surface area contributed by atoms with E-state index in [1.807, 2.05) is 30.3 Å². The molecule has 1 aliphatic carbocycles. The summed E-state index contributed by atoms with van der Waals surface area (Å²) in [5, 5.41) is 1.18. The highest BCUT2D eigenvalue weighted by molar-refractivity contribution is 7.92. The molecular weight excluding hydrogens is 324 g/mol. The van der Waals surface area contributed by atoms with Crippen LogP contribution in [0.3, 0.4) is 0 Å². The van der Waals surface area contributed by atoms with Gasteiger partial charge < -0.3 is 4.74 Å². The van der Waals surface area contributed by atoms with E-state index in [0.29, 0.717) is 12.8 Å². The Morgan fingerprint density at radius 3 is 2.54 bits per heavy atom. The van der Waals surface area contributed by atoms with Crippen LogP contribution in [0.1, 0.15) is 25.7 Å². The fourth-order valence-electron chi connectivity index (χ4n) is 3.27. The van der Waals surface area contributed by atoms with Crippen molar-refractivity contribution < 1.29 is 17.9 Å². The number of carbonyl (C=O) groups is 1. The molecule has 0 unspecified atom stereocenters. The van der Waals surface area contributed by atoms with Gasteiger partial charge in [0.05, 0.1) is 4.90 Å². The van der Waals surface area contributed by atoms with Gasteiger partial charge in [-0.2, -0.15) is 0 Å². The van der Waals surface area contributed by atoms with Crippen molar-refractivity contribution in [3.05, 3.63) is 55.1 Å². The summed E-state index contributed by atoms with van der Waals surface area (Å²) in [4.78, 5) is 11.8. The van der Waals surface area contributed by atoms with Crippen LogP contribution in [0.25, 0.3) is 10.8 Å². The summed E-state index contributed by atoms with van der Waals surface area (Å²) in [6.45, 7) is 3.38. The van der Waals surface area contributed by atoms with Gasteiger partial charge in [0.2, 0.25) is 0 Å². The minimum atomic E-state index is -3.57. The van der Waals surface area contributed by atoms with Crippen LogP contribution in [0.15, 0.2) is 60.0 Å². The molecule has 126 valence electrons. The van der Waals surface area contributed by atoms with Gasteiger partial charge in [-0.1, -0.05) is 43.3 Å². The molecule has 5 heteroatoms. The van der Waals surface area contributed by atoms with E-state index in [-0.39, 0.29) is 4.90 Å². The molecule has 0 saturated heterocycles. The van der Waals surface area contributed by atoms with Crippen LogP contribution in [0.4, 0.5) is 0 Å². The predicted molar refractivity (Wildman–Crippen MR) is 93.5 cm³/mol. The van der Waals surface area contributed by atoms with E-state index >= 15 is 0 Å². The van der Waals surface area contributed by atoms with Gasteiger partial charge in [0.15, 0.2) is 9.84 Å². The molecule has 0 amide bonds. The normalized spacial score (nSPS) is 21.3. The summed E-state index contributed by atoms with van der Waals surface area (Å²) in [6, 6.07) is 12.8. The molecule has 2 aromatic carbocycles. The first-order chi connectivity index (χ1) is 11.5. The Morgan fingerprint density at radius 2 is 1.79 bits per heavy atom. The first-order valence-electron chi connectivity index (χ1n) is 8.08. The second-order valence-electron chi connectivity index (χ2n) is 6.06. The van der Waals surface area contributed by atoms with E-state index < -0.39 is 27.2 Å². The lowest BCUT2D eigenvalue weighted by Gasteiger charge is -2.30. The Kier molecular flexibility index (Phi) is 4.71. The molecule has 24 heavy (non-hydrogen) atoms. The van der Waals surface area contributed by atoms with Crippen molar-refractivity contribution in [3.8, 4) is 0 Å². The third-order valence-electron chi connectivity index (χ3n) is 4.52. The SMILES string of the molecule is C=CC(=O)O[C@@H]1CCCC[C@H]1S(=O)(=O)c1ccc2ccccc2c1. The minimum absolute atomic E-state index is 0.285. The second-order valence-corrected chi connectivity index (χ2v) is 8.22. The van der Waals surface area contributed by atoms with Crippen molar-refractivity contribution in [2.45, 2.75) is 41.9 Å². The third-order valence-corrected chi connectivity index (χ3v) is 6.77. The van der Waals surface area contributed by atoms with Gasteiger partial charge in [0, 0.05) is 6.08 Å². The molecule has 1 saturated carbocycles. The molecule has 0 aliphatic heterocycles. The Morgan fingerprint density at radius 1 is 1.08 bits per heavy atom. The number of carbonyl (C=O) groups excluding carboxylic acids is 1. The molecule has 1 aliphatic rings. The molecule has 0 heterocycles. The van der Waals surface area contributed by atoms with E-state index in [0.717, 1.165) is 29.7 Å². The number of sulfone groups is 1. The first-order valence-corrected chi connectivity index (χ1v) is 9.63. The maximum absolute atomic E-state index is 13.1. The number of esters is 1. The molecule has 3 rings (SSSR count). The smallest absolute Gasteiger partial charge is 0.330 e. The lowest BCUT2D eigenvalue weighted by atomic mass is 9.97. The molecule has 0 spiro atoms. The maximum Gasteiger partial charge on any atom is 0.330 e. The van der Waals surface area contributed by atoms with Gasteiger partial charge in [0.25, 0.3) is 0 Å². The number of hydrogen-bond acceptors (Lipinski definition) is 4. The van der Waals surface area contributed by atoms with E-state index in [9.17, 15) is 13.2 Å². The summed E-state index contributed by atoms with van der Waals surface area (Å²) in [6.07, 6.45) is 3.22. The van der Waals surface area contributed by atoms with Crippen molar-refractivity contribution in [1.29, 1.82) is 0 Å². The van der Waals surface area contributed by atoms with Gasteiger partial charge in [-0.3, -0.25) is 0 Å². The largest absolute Gasteiger partial charge is 0.458 e. The average molecular weight is 344 g/mol. The standard InChI is InChI=1S/C19H20O4S/c1-2-19(20)23-17-9-5-6-10-18(17)24(21,22)16-12-11-14-7-3-4-8-15(14)13-16/h2-4,7-8,11-13,17-18H,1,5-6,9-10H2/t17-,18-/m1/s1. The molecule has 4 nitrogen and oxygen atoms in total. The highest BCUT2D eigenvalue weighted by Gasteiger charge is 2.38. The van der Waals surface area contributed by atoms with Gasteiger partial charge in [-0.25, -0.2) is 13.2 Å². The zero-order valence-corrected chi connectivity index (χ0v) is 14.2. The Bertz CT molecular complexity index is 870. The molecular formula is C19H20O4S. The van der Waals surface area contributed by atoms with E-state index in [1.54, 1.807) is 12.1 Å². The molecule has 2 atom stereocenters. The van der Waals surface area contributed by atoms with Crippen molar-refractivity contribution in [2.75, 3.05) is 0 Å². The molecule has 2 aromatic rings. The van der Waals surface area contributed by atoms with Gasteiger partial charge >= 0.3 is 5.97 Å². The van der Waals surface area contributed by atoms with Crippen LogP contribution >= 0.6 is 0 Å². The Balaban J connectivity index is 1.96. The van der Waals surface area contributed by atoms with Gasteiger partial charge in [0.1, 0.15) is 11.4 Å². The fourth-order valence-corrected chi connectivity index (χ4v) is 5.24. The van der Waals surface area contributed by atoms with Gasteiger partial charge in [-0.05, 0) is 42.2 Å². The lowest BCUT2D eigenvalue weighted by Crippen LogP contribution is -2.39. The summed E-state index contributed by atoms with van der Waals surface area (Å²) < 4.78 is 31.5. The van der Waals surface area contributed by atoms with Gasteiger partial charge in [-0.15, -0.1) is 0 Å². The second kappa shape index (κ2) is 6.77. The van der Waals surface area contributed by atoms with Crippen LogP contribution in [-0.4, -0.2) is 25.7 Å². The summed E-state index contributed by atoms with van der Waals surface area (Å²) in [7, 11) is -3.57. The maximum atomic E-state index is 13.1. The number of hydrogen-bond donors (Lipinski definition) is 0. The number of rotatable bonds is 4. The number of benzene rings is 2. The van der Waals surface area contributed by atoms with Crippen LogP contribution in [0.2, 0.25) is 0 Å². The molecule has 1 fully saturated rings. The zero-order valence-electron chi connectivity index (χ0n) is 13.4. The van der Waals surface area contributed by atoms with E-state index in [1.165, 1.54) is 0 Å². The van der Waals surface area contributed by atoms with Crippen LogP contribution in [-0.2, 0) is 19.4 Å². The molecule has 0 bridgehead atoms. The Labute approximate surface area is 142 Å². The fraction of sp³-hybridized carbons (Fsp3) is 0.316. The van der Waals surface area contributed by atoms with Crippen LogP contribution in [0, 0.1) is 0 Å². The van der Waals surface area contributed by atoms with Crippen molar-refractivity contribution in [3.63, 3.8) is 0 Å². The summed E-state index contributed by atoms with van der Waals surface area (Å²) in [5.41, 5.74) is 0. The predicted octanol–water partition coefficient (Wildman–Crippen LogP) is 3.65. The van der Waals surface area contributed by atoms with Crippen LogP contribution < -0.4 is 0 Å². The highest BCUT2D eigenvalue weighted by Crippen LogP contribution is 2.32. The number of ether oxygens (including phenoxy) is 1. The average Bonchev–Trinajstić information content (AvgIpc) is 2.61. The van der Waals surface area contributed by atoms with Crippen molar-refractivity contribution >= 4 is 26.6 Å². The number of fused-ring (bicyclic) bond motifs is 1. The summed E-state index contributed by atoms with van der Waals surface area (Å²) >= 11 is 0. The van der Waals surface area contributed by atoms with E-state index in [4.69, 9.17) is 4.74 Å². The topological polar surface area (TPSA) is 60.4 Å². The first kappa shape index (κ1) is 16.7. The third kappa shape index (κ3) is 3.22. The molecule has 0 radical (unpaired) electrons. The molecule has 0 aromatic heterocycles. The van der Waals surface area contributed by atoms with E-state index in [2.05, 4.69) is 6.58 Å². The lowest BCUT2D eigenvalue weighted by molar-refractivity contribution is -0.144. The quantitative estimate of drug-likeness (QED) is 0.627. The van der Waals surface area contributed by atoms with Crippen molar-refractivity contribution in [1.82, 2.24) is 0 Å². The highest BCUT2D eigenvalue weighted by atomic mass is 32.2. The summed E-state index contributed by atoms with van der Waals surface area (Å²) in [5.74, 6) is -0.569. The van der Waals surface area contributed by atoms with Crippen LogP contribution in [0.5, 0.6) is 0 Å². The zero-order chi connectivity index (χ0) is 17.2.